The second kappa shape index (κ2) is 5.53. The van der Waals surface area contributed by atoms with Crippen LogP contribution in [0.4, 0.5) is 0 Å². The molecule has 5 heteroatoms. The molecule has 0 bridgehead atoms. The molecule has 0 radical (unpaired) electrons. The van der Waals surface area contributed by atoms with E-state index in [1.807, 2.05) is 6.07 Å². The zero-order valence-corrected chi connectivity index (χ0v) is 11.2. The fraction of sp³-hybridized carbons (Fsp3) is 0.714. The molecule has 1 aromatic rings. The van der Waals surface area contributed by atoms with Gasteiger partial charge in [-0.3, -0.25) is 5.84 Å². The third-order valence-corrected chi connectivity index (χ3v) is 4.56. The molecular formula is C14H22N4O. The summed E-state index contributed by atoms with van der Waals surface area (Å²) < 4.78 is 6.08. The van der Waals surface area contributed by atoms with Gasteiger partial charge in [0.15, 0.2) is 0 Å². The Morgan fingerprint density at radius 3 is 2.74 bits per heavy atom. The predicted octanol–water partition coefficient (Wildman–Crippen LogP) is 1.72. The molecule has 1 saturated heterocycles. The number of nitrogens with zero attached hydrogens (tertiary/aromatic N) is 2. The first-order valence-corrected chi connectivity index (χ1v) is 7.20. The molecule has 2 unspecified atom stereocenters. The molecule has 1 aliphatic carbocycles. The van der Waals surface area contributed by atoms with Crippen LogP contribution < -0.4 is 11.3 Å². The van der Waals surface area contributed by atoms with Gasteiger partial charge in [0.25, 0.3) is 0 Å². The van der Waals surface area contributed by atoms with Crippen molar-refractivity contribution in [3.05, 3.63) is 24.3 Å². The SMILES string of the molecule is NNC(c1ncccn1)C1CCOC2(CCCC2)C1. The highest BCUT2D eigenvalue weighted by molar-refractivity contribution is 5.02. The van der Waals surface area contributed by atoms with Crippen LogP contribution in [0.25, 0.3) is 0 Å². The average Bonchev–Trinajstić information content (AvgIpc) is 2.89. The zero-order chi connectivity index (χ0) is 13.1. The van der Waals surface area contributed by atoms with Gasteiger partial charge in [0.05, 0.1) is 11.6 Å². The maximum absolute atomic E-state index is 6.08. The van der Waals surface area contributed by atoms with Crippen LogP contribution in [-0.4, -0.2) is 22.2 Å². The molecule has 3 rings (SSSR count). The van der Waals surface area contributed by atoms with Gasteiger partial charge >= 0.3 is 0 Å². The van der Waals surface area contributed by atoms with Crippen LogP contribution in [0.5, 0.6) is 0 Å². The van der Waals surface area contributed by atoms with Crippen LogP contribution >= 0.6 is 0 Å². The zero-order valence-electron chi connectivity index (χ0n) is 11.2. The summed E-state index contributed by atoms with van der Waals surface area (Å²) in [6.45, 7) is 0.829. The molecule has 3 N–H and O–H groups in total. The van der Waals surface area contributed by atoms with Crippen LogP contribution in [-0.2, 0) is 4.74 Å². The Hall–Kier alpha value is -1.04. The average molecular weight is 262 g/mol. The van der Waals surface area contributed by atoms with E-state index in [0.29, 0.717) is 5.92 Å². The van der Waals surface area contributed by atoms with Crippen molar-refractivity contribution in [2.75, 3.05) is 6.61 Å². The summed E-state index contributed by atoms with van der Waals surface area (Å²) >= 11 is 0. The quantitative estimate of drug-likeness (QED) is 0.641. The smallest absolute Gasteiger partial charge is 0.146 e. The number of nitrogens with two attached hydrogens (primary N) is 1. The predicted molar refractivity (Wildman–Crippen MR) is 72.0 cm³/mol. The molecule has 5 nitrogen and oxygen atoms in total. The van der Waals surface area contributed by atoms with Gasteiger partial charge < -0.3 is 4.74 Å². The van der Waals surface area contributed by atoms with Gasteiger partial charge in [0.1, 0.15) is 5.82 Å². The standard InChI is InChI=1S/C14H22N4O/c15-18-12(13-16-7-3-8-17-13)11-4-9-19-14(10-11)5-1-2-6-14/h3,7-8,11-12,18H,1-2,4-6,9-10,15H2. The van der Waals surface area contributed by atoms with Gasteiger partial charge in [-0.15, -0.1) is 0 Å². The fourth-order valence-electron chi connectivity index (χ4n) is 3.61. The van der Waals surface area contributed by atoms with Gasteiger partial charge in [0.2, 0.25) is 0 Å². The molecule has 2 atom stereocenters. The summed E-state index contributed by atoms with van der Waals surface area (Å²) in [6, 6.07) is 1.86. The maximum atomic E-state index is 6.08. The van der Waals surface area contributed by atoms with Gasteiger partial charge in [-0.1, -0.05) is 12.8 Å². The van der Waals surface area contributed by atoms with Crippen molar-refractivity contribution in [1.29, 1.82) is 0 Å². The highest BCUT2D eigenvalue weighted by Gasteiger charge is 2.42. The maximum Gasteiger partial charge on any atom is 0.146 e. The number of ether oxygens (including phenoxy) is 1. The molecule has 0 aromatic carbocycles. The summed E-state index contributed by atoms with van der Waals surface area (Å²) in [5.41, 5.74) is 3.02. The van der Waals surface area contributed by atoms with Crippen molar-refractivity contribution < 1.29 is 4.74 Å². The number of hydrogen-bond donors (Lipinski definition) is 2. The minimum absolute atomic E-state index is 0.0302. The lowest BCUT2D eigenvalue weighted by molar-refractivity contribution is -0.0986. The molecule has 1 spiro atoms. The molecule has 2 heterocycles. The third kappa shape index (κ3) is 2.63. The first-order chi connectivity index (χ1) is 9.33. The highest BCUT2D eigenvalue weighted by atomic mass is 16.5. The van der Waals surface area contributed by atoms with Crippen LogP contribution in [0.2, 0.25) is 0 Å². The molecule has 1 aromatic heterocycles. The molecular weight excluding hydrogens is 240 g/mol. The summed E-state index contributed by atoms with van der Waals surface area (Å²) in [5.74, 6) is 7.01. The van der Waals surface area contributed by atoms with E-state index in [1.54, 1.807) is 12.4 Å². The molecule has 2 fully saturated rings. The van der Waals surface area contributed by atoms with Crippen molar-refractivity contribution in [1.82, 2.24) is 15.4 Å². The lowest BCUT2D eigenvalue weighted by Gasteiger charge is -2.40. The van der Waals surface area contributed by atoms with E-state index in [1.165, 1.54) is 25.7 Å². The second-order valence-corrected chi connectivity index (χ2v) is 5.74. The summed E-state index contributed by atoms with van der Waals surface area (Å²) in [6.07, 6.45) is 10.6. The largest absolute Gasteiger partial charge is 0.375 e. The third-order valence-electron chi connectivity index (χ3n) is 4.56. The van der Waals surface area contributed by atoms with Crippen molar-refractivity contribution in [3.63, 3.8) is 0 Å². The minimum Gasteiger partial charge on any atom is -0.375 e. The summed E-state index contributed by atoms with van der Waals surface area (Å²) in [5, 5.41) is 0. The van der Waals surface area contributed by atoms with Crippen LogP contribution in [0, 0.1) is 5.92 Å². The van der Waals surface area contributed by atoms with Crippen LogP contribution in [0.1, 0.15) is 50.4 Å². The molecule has 1 saturated carbocycles. The Morgan fingerprint density at radius 2 is 2.05 bits per heavy atom. The number of hydrogen-bond acceptors (Lipinski definition) is 5. The normalized spacial score (nSPS) is 27.5. The van der Waals surface area contributed by atoms with E-state index in [9.17, 15) is 0 Å². The van der Waals surface area contributed by atoms with Crippen molar-refractivity contribution >= 4 is 0 Å². The van der Waals surface area contributed by atoms with Gasteiger partial charge in [-0.25, -0.2) is 15.4 Å². The molecule has 2 aliphatic rings. The highest BCUT2D eigenvalue weighted by Crippen LogP contribution is 2.44. The Morgan fingerprint density at radius 1 is 1.32 bits per heavy atom. The Labute approximate surface area is 113 Å². The minimum atomic E-state index is 0.0302. The van der Waals surface area contributed by atoms with Gasteiger partial charge in [-0.2, -0.15) is 0 Å². The van der Waals surface area contributed by atoms with Crippen molar-refractivity contribution in [3.8, 4) is 0 Å². The van der Waals surface area contributed by atoms with Crippen LogP contribution in [0.15, 0.2) is 18.5 Å². The van der Waals surface area contributed by atoms with Gasteiger partial charge in [0, 0.05) is 19.0 Å². The molecule has 104 valence electrons. The molecule has 1 aliphatic heterocycles. The number of rotatable bonds is 3. The van der Waals surface area contributed by atoms with E-state index >= 15 is 0 Å². The van der Waals surface area contributed by atoms with Crippen molar-refractivity contribution in [2.24, 2.45) is 11.8 Å². The second-order valence-electron chi connectivity index (χ2n) is 5.74. The summed E-state index contributed by atoms with van der Waals surface area (Å²) in [7, 11) is 0. The van der Waals surface area contributed by atoms with E-state index < -0.39 is 0 Å². The summed E-state index contributed by atoms with van der Waals surface area (Å²) in [4.78, 5) is 8.69. The fourth-order valence-corrected chi connectivity index (χ4v) is 3.61. The molecule has 0 amide bonds. The Kier molecular flexibility index (Phi) is 3.77. The topological polar surface area (TPSA) is 73.1 Å². The number of nitrogens with one attached hydrogen (secondary N) is 1. The first-order valence-electron chi connectivity index (χ1n) is 7.20. The lowest BCUT2D eigenvalue weighted by atomic mass is 9.80. The monoisotopic (exact) mass is 262 g/mol. The van der Waals surface area contributed by atoms with Crippen molar-refractivity contribution in [2.45, 2.75) is 50.2 Å². The van der Waals surface area contributed by atoms with E-state index in [4.69, 9.17) is 10.6 Å². The van der Waals surface area contributed by atoms with Gasteiger partial charge in [-0.05, 0) is 37.7 Å². The first kappa shape index (κ1) is 13.0. The van der Waals surface area contributed by atoms with E-state index in [2.05, 4.69) is 15.4 Å². The number of hydrazine groups is 1. The Bertz CT molecular complexity index is 405. The van der Waals surface area contributed by atoms with Crippen LogP contribution in [0.3, 0.4) is 0 Å². The van der Waals surface area contributed by atoms with E-state index in [0.717, 1.165) is 25.3 Å². The Balaban J connectivity index is 1.76. The molecule has 19 heavy (non-hydrogen) atoms. The lowest BCUT2D eigenvalue weighted by Crippen LogP contribution is -2.44. The number of aromatic nitrogens is 2. The van der Waals surface area contributed by atoms with E-state index in [-0.39, 0.29) is 11.6 Å².